The molecule has 1 heterocycles. The standard InChI is InChI=1S/C26H31N3O6S2/c1-3-5-13-26(14-6-4-2)19-10-8-7-9-18(19)23(30)22(24(26)31)25-28-20-12-11-17(16-36(27,32)33)15-21(20)37(34,35)29-25/h7-12,15,30H,3-6,13-14,16H2,1-2H3,(H,28,29)(H2,27,32,33). The largest absolute Gasteiger partial charge is 0.506 e. The highest BCUT2D eigenvalue weighted by atomic mass is 32.2. The van der Waals surface area contributed by atoms with E-state index < -0.39 is 31.2 Å². The Morgan fingerprint density at radius 2 is 1.70 bits per heavy atom. The van der Waals surface area contributed by atoms with Crippen molar-refractivity contribution in [2.24, 2.45) is 9.54 Å². The van der Waals surface area contributed by atoms with Crippen LogP contribution in [0.5, 0.6) is 0 Å². The highest BCUT2D eigenvalue weighted by molar-refractivity contribution is 7.90. The van der Waals surface area contributed by atoms with Crippen molar-refractivity contribution >= 4 is 43.1 Å². The van der Waals surface area contributed by atoms with Crippen LogP contribution in [-0.2, 0) is 36.0 Å². The molecular weight excluding hydrogens is 514 g/mol. The normalized spacial score (nSPS) is 18.0. The van der Waals surface area contributed by atoms with E-state index in [2.05, 4.69) is 9.71 Å². The van der Waals surface area contributed by atoms with Crippen LogP contribution in [0.4, 0.5) is 5.69 Å². The number of nitrogens with two attached hydrogens (primary N) is 1. The third-order valence-electron chi connectivity index (χ3n) is 6.90. The van der Waals surface area contributed by atoms with Crippen LogP contribution in [0.1, 0.15) is 69.1 Å². The van der Waals surface area contributed by atoms with Crippen molar-refractivity contribution in [2.75, 3.05) is 5.32 Å². The number of carbonyl (C=O) groups is 1. The molecule has 37 heavy (non-hydrogen) atoms. The molecular formula is C26H31N3O6S2. The molecule has 2 aromatic carbocycles. The average molecular weight is 546 g/mol. The Labute approximate surface area is 217 Å². The Hall–Kier alpha value is -3.02. The van der Waals surface area contributed by atoms with Crippen molar-refractivity contribution < 1.29 is 26.7 Å². The van der Waals surface area contributed by atoms with Crippen LogP contribution >= 0.6 is 0 Å². The summed E-state index contributed by atoms with van der Waals surface area (Å²) in [4.78, 5) is 14.0. The number of sulfonamides is 2. The summed E-state index contributed by atoms with van der Waals surface area (Å²) in [5.41, 5.74) is 0.471. The van der Waals surface area contributed by atoms with Crippen LogP contribution in [0.3, 0.4) is 0 Å². The zero-order valence-electron chi connectivity index (χ0n) is 20.8. The molecule has 0 unspecified atom stereocenters. The van der Waals surface area contributed by atoms with E-state index in [9.17, 15) is 26.7 Å². The molecule has 0 bridgehead atoms. The van der Waals surface area contributed by atoms with E-state index in [1.54, 1.807) is 12.1 Å². The van der Waals surface area contributed by atoms with E-state index in [0.717, 1.165) is 31.2 Å². The van der Waals surface area contributed by atoms with Crippen LogP contribution in [0.15, 0.2) is 57.3 Å². The van der Waals surface area contributed by atoms with Gasteiger partial charge in [0.25, 0.3) is 10.0 Å². The second kappa shape index (κ2) is 10.0. The van der Waals surface area contributed by atoms with Gasteiger partial charge in [-0.15, -0.1) is 4.40 Å². The van der Waals surface area contributed by atoms with Crippen molar-refractivity contribution in [2.45, 2.75) is 68.4 Å². The molecule has 1 aliphatic carbocycles. The van der Waals surface area contributed by atoms with Gasteiger partial charge in [0.15, 0.2) is 11.6 Å². The average Bonchev–Trinajstić information content (AvgIpc) is 2.83. The van der Waals surface area contributed by atoms with Gasteiger partial charge in [0.1, 0.15) is 16.2 Å². The zero-order chi connectivity index (χ0) is 27.0. The molecule has 0 fully saturated rings. The highest BCUT2D eigenvalue weighted by Crippen LogP contribution is 2.47. The number of rotatable bonds is 9. The number of Topliss-reactive ketones (excluding diaryl/α,β-unsaturated/α-hetero) is 1. The minimum Gasteiger partial charge on any atom is -0.506 e. The summed E-state index contributed by atoms with van der Waals surface area (Å²) in [6.45, 7) is 4.09. The molecule has 0 aromatic heterocycles. The van der Waals surface area contributed by atoms with Crippen molar-refractivity contribution in [1.29, 1.82) is 0 Å². The number of unbranched alkanes of at least 4 members (excludes halogenated alkanes) is 2. The van der Waals surface area contributed by atoms with Crippen molar-refractivity contribution in [3.8, 4) is 0 Å². The van der Waals surface area contributed by atoms with Gasteiger partial charge >= 0.3 is 0 Å². The van der Waals surface area contributed by atoms with Crippen LogP contribution in [0.25, 0.3) is 5.76 Å². The predicted octanol–water partition coefficient (Wildman–Crippen LogP) is 4.16. The first-order valence-electron chi connectivity index (χ1n) is 12.3. The number of fused-ring (bicyclic) bond motifs is 2. The van der Waals surface area contributed by atoms with Gasteiger partial charge in [-0.05, 0) is 36.1 Å². The Balaban J connectivity index is 1.87. The quantitative estimate of drug-likeness (QED) is 0.427. The van der Waals surface area contributed by atoms with E-state index >= 15 is 0 Å². The smallest absolute Gasteiger partial charge is 0.286 e. The molecule has 0 saturated heterocycles. The molecule has 9 nitrogen and oxygen atoms in total. The molecule has 11 heteroatoms. The number of anilines is 1. The summed E-state index contributed by atoms with van der Waals surface area (Å²) in [7, 11) is -8.20. The maximum Gasteiger partial charge on any atom is 0.286 e. The fraction of sp³-hybridized carbons (Fsp3) is 0.385. The van der Waals surface area contributed by atoms with E-state index in [1.807, 2.05) is 26.0 Å². The first-order valence-corrected chi connectivity index (χ1v) is 15.4. The third kappa shape index (κ3) is 5.07. The molecule has 0 atom stereocenters. The van der Waals surface area contributed by atoms with Crippen LogP contribution in [-0.4, -0.2) is 33.6 Å². The van der Waals surface area contributed by atoms with Gasteiger partial charge in [0, 0.05) is 5.56 Å². The second-order valence-corrected chi connectivity index (χ2v) is 12.8. The lowest BCUT2D eigenvalue weighted by Crippen LogP contribution is -2.44. The molecule has 1 aliphatic heterocycles. The molecule has 2 aliphatic rings. The number of hydrogen-bond acceptors (Lipinski definition) is 7. The van der Waals surface area contributed by atoms with Gasteiger partial charge in [-0.1, -0.05) is 69.9 Å². The van der Waals surface area contributed by atoms with Gasteiger partial charge in [-0.2, -0.15) is 8.42 Å². The van der Waals surface area contributed by atoms with Gasteiger partial charge in [0.2, 0.25) is 10.0 Å². The van der Waals surface area contributed by atoms with Crippen molar-refractivity contribution in [3.63, 3.8) is 0 Å². The summed E-state index contributed by atoms with van der Waals surface area (Å²) in [6, 6.07) is 11.2. The van der Waals surface area contributed by atoms with Gasteiger partial charge in [-0.3, -0.25) is 4.79 Å². The Morgan fingerprint density at radius 1 is 1.05 bits per heavy atom. The molecule has 0 saturated carbocycles. The lowest BCUT2D eigenvalue weighted by atomic mass is 9.63. The molecule has 2 aromatic rings. The van der Waals surface area contributed by atoms with Gasteiger partial charge in [0.05, 0.1) is 16.9 Å². The minimum absolute atomic E-state index is 0.128. The highest BCUT2D eigenvalue weighted by Gasteiger charge is 2.48. The number of ketones is 1. The first-order chi connectivity index (χ1) is 17.4. The van der Waals surface area contributed by atoms with Gasteiger partial charge in [-0.25, -0.2) is 13.6 Å². The van der Waals surface area contributed by atoms with Crippen LogP contribution in [0.2, 0.25) is 0 Å². The number of benzene rings is 2. The molecule has 4 N–H and O–H groups in total. The Bertz CT molecular complexity index is 1520. The van der Waals surface area contributed by atoms with Crippen LogP contribution in [0, 0.1) is 0 Å². The summed E-state index contributed by atoms with van der Waals surface area (Å²) < 4.78 is 53.2. The maximum atomic E-state index is 14.3. The molecule has 0 radical (unpaired) electrons. The Kier molecular flexibility index (Phi) is 7.33. The number of nitrogens with one attached hydrogen (secondary N) is 1. The fourth-order valence-corrected chi connectivity index (χ4v) is 6.96. The number of hydrogen-bond donors (Lipinski definition) is 3. The van der Waals surface area contributed by atoms with E-state index in [4.69, 9.17) is 5.14 Å². The summed E-state index contributed by atoms with van der Waals surface area (Å²) in [5.74, 6) is -1.47. The predicted molar refractivity (Wildman–Crippen MR) is 143 cm³/mol. The number of amidine groups is 1. The van der Waals surface area contributed by atoms with E-state index in [-0.39, 0.29) is 39.1 Å². The Morgan fingerprint density at radius 3 is 2.32 bits per heavy atom. The molecule has 198 valence electrons. The molecule has 0 spiro atoms. The number of aliphatic hydroxyl groups is 1. The van der Waals surface area contributed by atoms with Crippen molar-refractivity contribution in [3.05, 3.63) is 64.7 Å². The third-order valence-corrected chi connectivity index (χ3v) is 8.96. The number of nitrogens with zero attached hydrogens (tertiary/aromatic N) is 1. The number of carbonyl (C=O) groups excluding carboxylic acids is 1. The minimum atomic E-state index is -4.32. The summed E-state index contributed by atoms with van der Waals surface area (Å²) in [5, 5.41) is 19.3. The lowest BCUT2D eigenvalue weighted by molar-refractivity contribution is -0.121. The lowest BCUT2D eigenvalue weighted by Gasteiger charge is -2.39. The van der Waals surface area contributed by atoms with Crippen LogP contribution < -0.4 is 10.5 Å². The van der Waals surface area contributed by atoms with Gasteiger partial charge < -0.3 is 10.4 Å². The SMILES string of the molecule is CCCCC1(CCCC)C(=O)C(C2=NS(=O)(=O)c3cc(CS(N)(=O)=O)ccc3N2)=C(O)c2ccccc21. The summed E-state index contributed by atoms with van der Waals surface area (Å²) in [6.07, 6.45) is 4.43. The van der Waals surface area contributed by atoms with Crippen molar-refractivity contribution in [1.82, 2.24) is 0 Å². The number of aliphatic hydroxyl groups excluding tert-OH is 1. The second-order valence-electron chi connectivity index (χ2n) is 9.57. The molecule has 0 amide bonds. The first kappa shape index (κ1) is 27.0. The van der Waals surface area contributed by atoms with E-state index in [1.165, 1.54) is 18.2 Å². The maximum absolute atomic E-state index is 14.3. The topological polar surface area (TPSA) is 156 Å². The molecule has 4 rings (SSSR count). The monoisotopic (exact) mass is 545 g/mol. The summed E-state index contributed by atoms with van der Waals surface area (Å²) >= 11 is 0. The number of primary sulfonamides is 1. The van der Waals surface area contributed by atoms with E-state index in [0.29, 0.717) is 18.4 Å². The zero-order valence-corrected chi connectivity index (χ0v) is 22.5. The fourth-order valence-electron chi connectivity index (χ4n) is 5.14.